The predicted molar refractivity (Wildman–Crippen MR) is 121 cm³/mol. The Labute approximate surface area is 183 Å². The lowest BCUT2D eigenvalue weighted by Crippen LogP contribution is -2.29. The van der Waals surface area contributed by atoms with E-state index >= 15 is 0 Å². The first-order valence-electron chi connectivity index (χ1n) is 10.4. The summed E-state index contributed by atoms with van der Waals surface area (Å²) >= 11 is 1.76. The fourth-order valence-corrected chi connectivity index (χ4v) is 4.57. The van der Waals surface area contributed by atoms with Crippen molar-refractivity contribution in [1.82, 2.24) is 0 Å². The summed E-state index contributed by atoms with van der Waals surface area (Å²) in [6.45, 7) is 3.81. The molecule has 1 heterocycles. The first kappa shape index (κ1) is 21.1. The summed E-state index contributed by atoms with van der Waals surface area (Å²) in [6.07, 6.45) is 0.800. The van der Waals surface area contributed by atoms with Crippen molar-refractivity contribution in [1.29, 1.82) is 0 Å². The maximum absolute atomic E-state index is 6.35. The molecule has 0 unspecified atom stereocenters. The van der Waals surface area contributed by atoms with Crippen LogP contribution in [0, 0.1) is 6.92 Å². The highest BCUT2D eigenvalue weighted by Crippen LogP contribution is 2.35. The number of benzene rings is 3. The molecule has 0 radical (unpaired) electrons. The van der Waals surface area contributed by atoms with Crippen molar-refractivity contribution >= 4 is 11.8 Å². The van der Waals surface area contributed by atoms with Crippen LogP contribution in [0.3, 0.4) is 0 Å². The highest BCUT2D eigenvalue weighted by molar-refractivity contribution is 7.99. The molecule has 0 spiro atoms. The molecule has 0 saturated carbocycles. The molecule has 3 atom stereocenters. The summed E-state index contributed by atoms with van der Waals surface area (Å²) in [4.78, 5) is 1.22. The Morgan fingerprint density at radius 2 is 1.47 bits per heavy atom. The fourth-order valence-electron chi connectivity index (χ4n) is 3.49. The van der Waals surface area contributed by atoms with Gasteiger partial charge < -0.3 is 14.2 Å². The number of hydrogen-bond donors (Lipinski definition) is 0. The summed E-state index contributed by atoms with van der Waals surface area (Å²) < 4.78 is 18.6. The van der Waals surface area contributed by atoms with Crippen molar-refractivity contribution in [2.75, 3.05) is 6.61 Å². The van der Waals surface area contributed by atoms with E-state index in [4.69, 9.17) is 14.2 Å². The van der Waals surface area contributed by atoms with Crippen LogP contribution in [0.5, 0.6) is 0 Å². The second-order valence-corrected chi connectivity index (χ2v) is 8.84. The molecule has 30 heavy (non-hydrogen) atoms. The summed E-state index contributed by atoms with van der Waals surface area (Å²) in [6, 6.07) is 29.1. The SMILES string of the molecule is Cc1ccc(S[C@H]2C[C@H](OCc3ccccc3)[C@@H](COCc3ccccc3)O2)cc1. The summed E-state index contributed by atoms with van der Waals surface area (Å²) in [5, 5.41) is 0. The van der Waals surface area contributed by atoms with Crippen LogP contribution >= 0.6 is 11.8 Å². The zero-order valence-electron chi connectivity index (χ0n) is 17.3. The maximum Gasteiger partial charge on any atom is 0.110 e. The van der Waals surface area contributed by atoms with Gasteiger partial charge in [-0.25, -0.2) is 0 Å². The normalized spacial score (nSPS) is 21.0. The fraction of sp³-hybridized carbons (Fsp3) is 0.308. The van der Waals surface area contributed by atoms with Crippen molar-refractivity contribution in [2.24, 2.45) is 0 Å². The van der Waals surface area contributed by atoms with Gasteiger partial charge in [-0.15, -0.1) is 0 Å². The molecule has 3 aromatic rings. The summed E-state index contributed by atoms with van der Waals surface area (Å²) in [5.41, 5.74) is 3.68. The monoisotopic (exact) mass is 420 g/mol. The minimum absolute atomic E-state index is 0.0175. The van der Waals surface area contributed by atoms with Crippen molar-refractivity contribution in [3.8, 4) is 0 Å². The first-order valence-corrected chi connectivity index (χ1v) is 11.3. The van der Waals surface area contributed by atoms with Gasteiger partial charge in [0.2, 0.25) is 0 Å². The van der Waals surface area contributed by atoms with Gasteiger partial charge in [-0.05, 0) is 30.2 Å². The zero-order chi connectivity index (χ0) is 20.6. The van der Waals surface area contributed by atoms with E-state index in [0.717, 1.165) is 6.42 Å². The third kappa shape index (κ3) is 6.19. The lowest BCUT2D eigenvalue weighted by atomic mass is 10.2. The smallest absolute Gasteiger partial charge is 0.110 e. The number of rotatable bonds is 9. The molecule has 1 fully saturated rings. The molecule has 0 aromatic heterocycles. The Morgan fingerprint density at radius 3 is 2.13 bits per heavy atom. The average Bonchev–Trinajstić information content (AvgIpc) is 3.17. The molecule has 1 aliphatic heterocycles. The van der Waals surface area contributed by atoms with Gasteiger partial charge in [0.25, 0.3) is 0 Å². The van der Waals surface area contributed by atoms with Gasteiger partial charge in [0.15, 0.2) is 0 Å². The highest BCUT2D eigenvalue weighted by atomic mass is 32.2. The minimum atomic E-state index is -0.0691. The molecule has 3 nitrogen and oxygen atoms in total. The Hall–Kier alpha value is -2.11. The van der Waals surface area contributed by atoms with Crippen LogP contribution in [0.25, 0.3) is 0 Å². The minimum Gasteiger partial charge on any atom is -0.374 e. The quantitative estimate of drug-likeness (QED) is 0.424. The molecule has 3 aromatic carbocycles. The molecule has 1 saturated heterocycles. The van der Waals surface area contributed by atoms with Crippen LogP contribution in [0.1, 0.15) is 23.1 Å². The summed E-state index contributed by atoms with van der Waals surface area (Å²) in [5.74, 6) is 0. The van der Waals surface area contributed by atoms with E-state index in [9.17, 15) is 0 Å². The lowest BCUT2D eigenvalue weighted by Gasteiger charge is -2.19. The molecule has 0 N–H and O–H groups in total. The topological polar surface area (TPSA) is 27.7 Å². The van der Waals surface area contributed by atoms with Crippen LogP contribution in [-0.4, -0.2) is 24.3 Å². The van der Waals surface area contributed by atoms with Crippen molar-refractivity contribution in [3.05, 3.63) is 102 Å². The van der Waals surface area contributed by atoms with Crippen LogP contribution < -0.4 is 0 Å². The van der Waals surface area contributed by atoms with E-state index in [1.165, 1.54) is 21.6 Å². The van der Waals surface area contributed by atoms with Crippen LogP contribution in [0.15, 0.2) is 89.8 Å². The molecule has 1 aliphatic rings. The third-order valence-electron chi connectivity index (χ3n) is 5.16. The molecule has 4 rings (SSSR count). The molecule has 156 valence electrons. The standard InChI is InChI=1S/C26H28O3S/c1-20-12-14-23(15-13-20)30-26-16-24(28-18-22-10-6-3-7-11-22)25(29-26)19-27-17-21-8-4-2-5-9-21/h2-15,24-26H,16-19H2,1H3/t24-,25+,26-/m0/s1. The van der Waals surface area contributed by atoms with E-state index in [0.29, 0.717) is 19.8 Å². The van der Waals surface area contributed by atoms with Gasteiger partial charge in [-0.3, -0.25) is 0 Å². The van der Waals surface area contributed by atoms with E-state index in [1.54, 1.807) is 11.8 Å². The predicted octanol–water partition coefficient (Wildman–Crippen LogP) is 6.00. The Balaban J connectivity index is 1.35. The van der Waals surface area contributed by atoms with Gasteiger partial charge in [-0.1, -0.05) is 90.1 Å². The lowest BCUT2D eigenvalue weighted by molar-refractivity contribution is -0.0623. The van der Waals surface area contributed by atoms with Crippen LogP contribution in [0.4, 0.5) is 0 Å². The number of aryl methyl sites for hydroxylation is 1. The van der Waals surface area contributed by atoms with E-state index in [2.05, 4.69) is 55.5 Å². The zero-order valence-corrected chi connectivity index (χ0v) is 18.1. The third-order valence-corrected chi connectivity index (χ3v) is 6.27. The van der Waals surface area contributed by atoms with E-state index in [-0.39, 0.29) is 17.6 Å². The highest BCUT2D eigenvalue weighted by Gasteiger charge is 2.36. The Kier molecular flexibility index (Phi) is 7.59. The Bertz CT molecular complexity index is 883. The number of hydrogen-bond acceptors (Lipinski definition) is 4. The molecule has 0 bridgehead atoms. The molecule has 0 amide bonds. The molecule has 4 heteroatoms. The van der Waals surface area contributed by atoms with Crippen molar-refractivity contribution < 1.29 is 14.2 Å². The molecular formula is C26H28O3S. The van der Waals surface area contributed by atoms with Gasteiger partial charge >= 0.3 is 0 Å². The van der Waals surface area contributed by atoms with Crippen LogP contribution in [-0.2, 0) is 27.4 Å². The second kappa shape index (κ2) is 10.8. The van der Waals surface area contributed by atoms with Crippen molar-refractivity contribution in [2.45, 2.75) is 49.1 Å². The van der Waals surface area contributed by atoms with Crippen LogP contribution in [0.2, 0.25) is 0 Å². The Morgan fingerprint density at radius 1 is 0.833 bits per heavy atom. The van der Waals surface area contributed by atoms with E-state index in [1.807, 2.05) is 36.4 Å². The van der Waals surface area contributed by atoms with Gasteiger partial charge in [0.05, 0.1) is 25.9 Å². The summed E-state index contributed by atoms with van der Waals surface area (Å²) in [7, 11) is 0. The number of ether oxygens (including phenoxy) is 3. The van der Waals surface area contributed by atoms with Gasteiger partial charge in [0.1, 0.15) is 11.5 Å². The van der Waals surface area contributed by atoms with Crippen molar-refractivity contribution in [3.63, 3.8) is 0 Å². The van der Waals surface area contributed by atoms with Gasteiger partial charge in [-0.2, -0.15) is 0 Å². The van der Waals surface area contributed by atoms with Gasteiger partial charge in [0, 0.05) is 11.3 Å². The average molecular weight is 421 g/mol. The number of thioether (sulfide) groups is 1. The second-order valence-electron chi connectivity index (χ2n) is 7.61. The molecule has 0 aliphatic carbocycles. The molecular weight excluding hydrogens is 392 g/mol. The maximum atomic E-state index is 6.35. The largest absolute Gasteiger partial charge is 0.374 e. The van der Waals surface area contributed by atoms with E-state index < -0.39 is 0 Å². The first-order chi connectivity index (χ1) is 14.8.